The smallest absolute Gasteiger partial charge is 0.358 e. The predicted octanol–water partition coefficient (Wildman–Crippen LogP) is 2.40. The van der Waals surface area contributed by atoms with Crippen LogP contribution in [-0.2, 0) is 9.53 Å². The minimum atomic E-state index is -0.482. The molecule has 29 heavy (non-hydrogen) atoms. The molecule has 0 unspecified atom stereocenters. The molecule has 146 valence electrons. The zero-order valence-electron chi connectivity index (χ0n) is 16.3. The summed E-state index contributed by atoms with van der Waals surface area (Å²) in [4.78, 5) is 34.8. The van der Waals surface area contributed by atoms with Gasteiger partial charge in [-0.05, 0) is 25.5 Å². The van der Waals surface area contributed by atoms with Crippen LogP contribution in [0, 0.1) is 17.8 Å². The van der Waals surface area contributed by atoms with Gasteiger partial charge in [0.2, 0.25) is 5.91 Å². The average Bonchev–Trinajstić information content (AvgIpc) is 3.33. The molecular weight excluding hydrogens is 368 g/mol. The van der Waals surface area contributed by atoms with E-state index in [1.807, 2.05) is 24.3 Å². The van der Waals surface area contributed by atoms with E-state index in [0.29, 0.717) is 11.3 Å². The largest absolute Gasteiger partial charge is 0.461 e. The highest BCUT2D eigenvalue weighted by molar-refractivity contribution is 5.89. The Morgan fingerprint density at radius 3 is 3.00 bits per heavy atom. The highest BCUT2D eigenvalue weighted by atomic mass is 16.5. The summed E-state index contributed by atoms with van der Waals surface area (Å²) in [5, 5.41) is 0. The van der Waals surface area contributed by atoms with Gasteiger partial charge in [-0.1, -0.05) is 24.0 Å². The van der Waals surface area contributed by atoms with Crippen LogP contribution < -0.4 is 0 Å². The number of likely N-dealkylation sites (tertiary alicyclic amines) is 1. The van der Waals surface area contributed by atoms with Gasteiger partial charge in [0.1, 0.15) is 11.6 Å². The third kappa shape index (κ3) is 3.69. The third-order valence-corrected chi connectivity index (χ3v) is 4.81. The topological polar surface area (TPSA) is 76.8 Å². The number of amides is 1. The van der Waals surface area contributed by atoms with Gasteiger partial charge in [-0.15, -0.1) is 0 Å². The van der Waals surface area contributed by atoms with Crippen molar-refractivity contribution in [1.82, 2.24) is 19.3 Å². The van der Waals surface area contributed by atoms with E-state index in [9.17, 15) is 9.59 Å². The first-order valence-corrected chi connectivity index (χ1v) is 9.44. The number of carbonyl (C=O) groups is 2. The Balaban J connectivity index is 1.72. The molecular formula is C22H20N4O3. The highest BCUT2D eigenvalue weighted by Crippen LogP contribution is 2.23. The minimum absolute atomic E-state index is 0.0663. The normalized spacial score (nSPS) is 16.0. The van der Waals surface area contributed by atoms with Crippen LogP contribution in [0.3, 0.4) is 0 Å². The van der Waals surface area contributed by atoms with Gasteiger partial charge in [0.25, 0.3) is 0 Å². The molecule has 0 radical (unpaired) electrons. The van der Waals surface area contributed by atoms with Gasteiger partial charge < -0.3 is 14.0 Å². The molecule has 0 bridgehead atoms. The van der Waals surface area contributed by atoms with Crippen LogP contribution >= 0.6 is 0 Å². The van der Waals surface area contributed by atoms with Crippen molar-refractivity contribution in [2.75, 3.05) is 20.2 Å². The highest BCUT2D eigenvalue weighted by Gasteiger charge is 2.27. The molecule has 2 aromatic heterocycles. The molecule has 1 amide bonds. The van der Waals surface area contributed by atoms with Crippen LogP contribution in [0.15, 0.2) is 42.9 Å². The van der Waals surface area contributed by atoms with Gasteiger partial charge in [-0.2, -0.15) is 0 Å². The molecule has 1 fully saturated rings. The van der Waals surface area contributed by atoms with Crippen molar-refractivity contribution in [2.45, 2.75) is 13.3 Å². The van der Waals surface area contributed by atoms with E-state index in [2.05, 4.69) is 21.8 Å². The molecule has 0 spiro atoms. The van der Waals surface area contributed by atoms with Crippen LogP contribution in [0.4, 0.5) is 0 Å². The van der Waals surface area contributed by atoms with Crippen LogP contribution in [0.1, 0.15) is 29.4 Å². The lowest BCUT2D eigenvalue weighted by atomic mass is 10.1. The fourth-order valence-electron chi connectivity index (χ4n) is 3.30. The Bertz CT molecular complexity index is 1160. The summed E-state index contributed by atoms with van der Waals surface area (Å²) >= 11 is 0. The lowest BCUT2D eigenvalue weighted by Crippen LogP contribution is -2.21. The number of ether oxygens (including phenoxy) is 1. The monoisotopic (exact) mass is 388 g/mol. The first-order valence-electron chi connectivity index (χ1n) is 9.44. The molecule has 7 heteroatoms. The quantitative estimate of drug-likeness (QED) is 0.509. The van der Waals surface area contributed by atoms with Gasteiger partial charge in [0, 0.05) is 43.3 Å². The number of carbonyl (C=O) groups excluding carboxylic acids is 2. The summed E-state index contributed by atoms with van der Waals surface area (Å²) < 4.78 is 6.84. The van der Waals surface area contributed by atoms with E-state index in [0.717, 1.165) is 24.1 Å². The summed E-state index contributed by atoms with van der Waals surface area (Å²) in [5.41, 5.74) is 2.98. The maximum atomic E-state index is 12.2. The van der Waals surface area contributed by atoms with E-state index >= 15 is 0 Å². The molecule has 1 aromatic carbocycles. The van der Waals surface area contributed by atoms with E-state index in [4.69, 9.17) is 4.74 Å². The molecule has 1 aliphatic rings. The van der Waals surface area contributed by atoms with E-state index in [-0.39, 0.29) is 24.1 Å². The number of esters is 1. The van der Waals surface area contributed by atoms with E-state index in [1.54, 1.807) is 41.9 Å². The zero-order chi connectivity index (χ0) is 20.4. The summed E-state index contributed by atoms with van der Waals surface area (Å²) in [6.07, 6.45) is 5.77. The Kier molecular flexibility index (Phi) is 5.00. The van der Waals surface area contributed by atoms with Crippen molar-refractivity contribution in [1.29, 1.82) is 0 Å². The van der Waals surface area contributed by atoms with Gasteiger partial charge in [-0.25, -0.2) is 14.8 Å². The Labute approximate surface area is 168 Å². The Hall–Kier alpha value is -3.66. The number of imidazole rings is 1. The van der Waals surface area contributed by atoms with Crippen molar-refractivity contribution in [3.63, 3.8) is 0 Å². The fourth-order valence-corrected chi connectivity index (χ4v) is 3.30. The Morgan fingerprint density at radius 2 is 2.24 bits per heavy atom. The second kappa shape index (κ2) is 7.76. The Morgan fingerprint density at radius 1 is 1.38 bits per heavy atom. The summed E-state index contributed by atoms with van der Waals surface area (Å²) in [7, 11) is 1.79. The van der Waals surface area contributed by atoms with E-state index in [1.165, 1.54) is 0 Å². The predicted molar refractivity (Wildman–Crippen MR) is 107 cm³/mol. The summed E-state index contributed by atoms with van der Waals surface area (Å²) in [5.74, 6) is 5.51. The first-order chi connectivity index (χ1) is 14.1. The SMILES string of the molecule is CCOC(=O)c1cn2ccnc2c(-c2cccc(C#C[C@@H]3CCN(C)C3=O)c2)n1. The lowest BCUT2D eigenvalue weighted by molar-refractivity contribution is -0.128. The molecule has 3 aromatic rings. The fraction of sp³-hybridized carbons (Fsp3) is 0.273. The molecule has 3 heterocycles. The summed E-state index contributed by atoms with van der Waals surface area (Å²) in [6, 6.07) is 7.55. The van der Waals surface area contributed by atoms with Gasteiger partial charge >= 0.3 is 5.97 Å². The first kappa shape index (κ1) is 18.7. The molecule has 7 nitrogen and oxygen atoms in total. The molecule has 1 atom stereocenters. The minimum Gasteiger partial charge on any atom is -0.461 e. The van der Waals surface area contributed by atoms with Crippen molar-refractivity contribution in [2.24, 2.45) is 5.92 Å². The number of fused-ring (bicyclic) bond motifs is 1. The second-order valence-corrected chi connectivity index (χ2v) is 6.80. The van der Waals surface area contributed by atoms with Gasteiger partial charge in [0.15, 0.2) is 11.3 Å². The zero-order valence-corrected chi connectivity index (χ0v) is 16.3. The standard InChI is InChI=1S/C22H20N4O3/c1-3-29-22(28)18-14-26-12-10-23-20(26)19(24-18)17-6-4-5-15(13-17)7-8-16-9-11-25(2)21(16)27/h4-6,10,12-14,16H,3,9,11H2,1-2H3/t16-/m1/s1. The van der Waals surface area contributed by atoms with Crippen molar-refractivity contribution < 1.29 is 14.3 Å². The summed E-state index contributed by atoms with van der Waals surface area (Å²) in [6.45, 7) is 2.77. The molecule has 1 aliphatic heterocycles. The van der Waals surface area contributed by atoms with Crippen LogP contribution in [-0.4, -0.2) is 51.3 Å². The van der Waals surface area contributed by atoms with Gasteiger partial charge in [-0.3, -0.25) is 4.79 Å². The maximum absolute atomic E-state index is 12.2. The van der Waals surface area contributed by atoms with Gasteiger partial charge in [0.05, 0.1) is 6.61 Å². The third-order valence-electron chi connectivity index (χ3n) is 4.81. The van der Waals surface area contributed by atoms with Crippen LogP contribution in [0.5, 0.6) is 0 Å². The number of aromatic nitrogens is 3. The average molecular weight is 388 g/mol. The number of nitrogens with zero attached hydrogens (tertiary/aromatic N) is 4. The number of hydrogen-bond donors (Lipinski definition) is 0. The molecule has 0 aliphatic carbocycles. The van der Waals surface area contributed by atoms with Crippen molar-refractivity contribution in [3.8, 4) is 23.1 Å². The maximum Gasteiger partial charge on any atom is 0.358 e. The number of hydrogen-bond acceptors (Lipinski definition) is 5. The van der Waals surface area contributed by atoms with Crippen molar-refractivity contribution in [3.05, 3.63) is 54.1 Å². The molecule has 0 saturated carbocycles. The lowest BCUT2D eigenvalue weighted by Gasteiger charge is -2.08. The molecule has 1 saturated heterocycles. The van der Waals surface area contributed by atoms with E-state index < -0.39 is 5.97 Å². The molecule has 0 N–H and O–H groups in total. The van der Waals surface area contributed by atoms with Crippen LogP contribution in [0.2, 0.25) is 0 Å². The molecule has 4 rings (SSSR count). The number of rotatable bonds is 3. The van der Waals surface area contributed by atoms with Crippen LogP contribution in [0.25, 0.3) is 16.9 Å². The second-order valence-electron chi connectivity index (χ2n) is 6.80. The van der Waals surface area contributed by atoms with Crippen molar-refractivity contribution >= 4 is 17.5 Å². The number of benzene rings is 1.